The van der Waals surface area contributed by atoms with E-state index in [1.54, 1.807) is 0 Å². The van der Waals surface area contributed by atoms with E-state index in [0.29, 0.717) is 6.04 Å². The molecule has 0 saturated carbocycles. The van der Waals surface area contributed by atoms with Gasteiger partial charge in [-0.2, -0.15) is 5.48 Å². The average molecular weight is 325 g/mol. The summed E-state index contributed by atoms with van der Waals surface area (Å²) in [6, 6.07) is 21.6. The predicted octanol–water partition coefficient (Wildman–Crippen LogP) is 5.85. The quantitative estimate of drug-likeness (QED) is 0.523. The molecule has 0 radical (unpaired) electrons. The van der Waals surface area contributed by atoms with Crippen molar-refractivity contribution in [2.45, 2.75) is 64.5 Å². The van der Waals surface area contributed by atoms with E-state index in [1.165, 1.54) is 24.0 Å². The van der Waals surface area contributed by atoms with Gasteiger partial charge in [-0.25, -0.2) is 0 Å². The van der Waals surface area contributed by atoms with Gasteiger partial charge in [0.05, 0.1) is 0 Å². The first-order chi connectivity index (χ1) is 11.8. The lowest BCUT2D eigenvalue weighted by molar-refractivity contribution is -0.0515. The molecule has 0 bridgehead atoms. The van der Waals surface area contributed by atoms with Crippen LogP contribution >= 0.6 is 0 Å². The molecule has 0 spiro atoms. The van der Waals surface area contributed by atoms with Crippen LogP contribution in [-0.2, 0) is 11.3 Å². The van der Waals surface area contributed by atoms with Gasteiger partial charge < -0.3 is 0 Å². The second-order valence-electron chi connectivity index (χ2n) is 6.45. The van der Waals surface area contributed by atoms with Crippen molar-refractivity contribution in [2.24, 2.45) is 0 Å². The van der Waals surface area contributed by atoms with Crippen molar-refractivity contribution < 1.29 is 4.84 Å². The number of hydroxylamine groups is 1. The van der Waals surface area contributed by atoms with Crippen LogP contribution in [0.1, 0.15) is 63.2 Å². The molecule has 24 heavy (non-hydrogen) atoms. The Morgan fingerprint density at radius 1 is 0.833 bits per heavy atom. The van der Waals surface area contributed by atoms with E-state index in [9.17, 15) is 0 Å². The second kappa shape index (κ2) is 11.0. The van der Waals surface area contributed by atoms with E-state index in [4.69, 9.17) is 4.84 Å². The highest BCUT2D eigenvalue weighted by atomic mass is 16.7. The minimum absolute atomic E-state index is 0.121. The number of rotatable bonds is 11. The van der Waals surface area contributed by atoms with E-state index < -0.39 is 0 Å². The van der Waals surface area contributed by atoms with Crippen molar-refractivity contribution in [3.8, 4) is 0 Å². The van der Waals surface area contributed by atoms with Crippen LogP contribution in [0.25, 0.3) is 0 Å². The Labute approximate surface area is 147 Å². The average Bonchev–Trinajstić information content (AvgIpc) is 2.64. The molecule has 130 valence electrons. The fourth-order valence-electron chi connectivity index (χ4n) is 2.95. The van der Waals surface area contributed by atoms with Gasteiger partial charge in [0, 0.05) is 6.04 Å². The lowest BCUT2D eigenvalue weighted by atomic mass is 10.0. The molecule has 2 heteroatoms. The monoisotopic (exact) mass is 325 g/mol. The zero-order chi connectivity index (χ0) is 17.0. The van der Waals surface area contributed by atoms with Crippen molar-refractivity contribution in [3.05, 3.63) is 71.8 Å². The van der Waals surface area contributed by atoms with Crippen LogP contribution in [0.4, 0.5) is 0 Å². The van der Waals surface area contributed by atoms with Crippen LogP contribution in [0.5, 0.6) is 0 Å². The maximum atomic E-state index is 6.15. The summed E-state index contributed by atoms with van der Waals surface area (Å²) >= 11 is 0. The third kappa shape index (κ3) is 6.46. The molecule has 0 unspecified atom stereocenters. The van der Waals surface area contributed by atoms with E-state index in [0.717, 1.165) is 25.7 Å². The Bertz CT molecular complexity index is 540. The molecule has 2 rings (SSSR count). The van der Waals surface area contributed by atoms with Crippen molar-refractivity contribution in [1.82, 2.24) is 5.48 Å². The zero-order valence-corrected chi connectivity index (χ0v) is 15.1. The molecule has 2 aromatic rings. The van der Waals surface area contributed by atoms with E-state index in [2.05, 4.69) is 80.0 Å². The van der Waals surface area contributed by atoms with Crippen LogP contribution < -0.4 is 5.48 Å². The van der Waals surface area contributed by atoms with Crippen LogP contribution in [0, 0.1) is 0 Å². The summed E-state index contributed by atoms with van der Waals surface area (Å²) in [6.45, 7) is 4.45. The minimum atomic E-state index is 0.121. The van der Waals surface area contributed by atoms with Crippen molar-refractivity contribution in [1.29, 1.82) is 0 Å². The molecule has 0 fully saturated rings. The number of hydrogen-bond acceptors (Lipinski definition) is 2. The van der Waals surface area contributed by atoms with Crippen molar-refractivity contribution in [3.63, 3.8) is 0 Å². The van der Waals surface area contributed by atoms with Crippen molar-refractivity contribution in [2.75, 3.05) is 0 Å². The zero-order valence-electron chi connectivity index (χ0n) is 15.1. The SMILES string of the molecule is CCCC[C@@H](Cc1ccccc1)NO[C@@H](CCC)c1ccccc1. The first-order valence-electron chi connectivity index (χ1n) is 9.33. The van der Waals surface area contributed by atoms with E-state index in [1.807, 2.05) is 0 Å². The molecule has 1 N–H and O–H groups in total. The van der Waals surface area contributed by atoms with Crippen molar-refractivity contribution >= 4 is 0 Å². The van der Waals surface area contributed by atoms with Gasteiger partial charge in [0.25, 0.3) is 0 Å². The largest absolute Gasteiger partial charge is 0.293 e. The number of unbranched alkanes of at least 4 members (excludes halogenated alkanes) is 1. The maximum absolute atomic E-state index is 6.15. The third-order valence-electron chi connectivity index (χ3n) is 4.33. The molecule has 2 atom stereocenters. The lowest BCUT2D eigenvalue weighted by Crippen LogP contribution is -2.32. The highest BCUT2D eigenvalue weighted by Gasteiger charge is 2.15. The Morgan fingerprint density at radius 3 is 2.12 bits per heavy atom. The minimum Gasteiger partial charge on any atom is -0.293 e. The molecule has 0 aliphatic heterocycles. The molecule has 0 heterocycles. The Kier molecular flexibility index (Phi) is 8.58. The molecule has 0 aromatic heterocycles. The van der Waals surface area contributed by atoms with Gasteiger partial charge in [0.15, 0.2) is 0 Å². The highest BCUT2D eigenvalue weighted by Crippen LogP contribution is 2.22. The molecular formula is C22H31NO. The Morgan fingerprint density at radius 2 is 1.50 bits per heavy atom. The van der Waals surface area contributed by atoms with Crippen LogP contribution in [-0.4, -0.2) is 6.04 Å². The summed E-state index contributed by atoms with van der Waals surface area (Å²) in [6.07, 6.45) is 6.84. The molecule has 0 aliphatic rings. The first kappa shape index (κ1) is 18.7. The molecular weight excluding hydrogens is 294 g/mol. The fraction of sp³-hybridized carbons (Fsp3) is 0.455. The summed E-state index contributed by atoms with van der Waals surface area (Å²) in [5.41, 5.74) is 6.00. The van der Waals surface area contributed by atoms with Gasteiger partial charge in [-0.3, -0.25) is 4.84 Å². The smallest absolute Gasteiger partial charge is 0.104 e. The van der Waals surface area contributed by atoms with Crippen LogP contribution in [0.2, 0.25) is 0 Å². The lowest BCUT2D eigenvalue weighted by Gasteiger charge is -2.23. The number of benzene rings is 2. The van der Waals surface area contributed by atoms with Crippen LogP contribution in [0.15, 0.2) is 60.7 Å². The summed E-state index contributed by atoms with van der Waals surface area (Å²) in [7, 11) is 0. The van der Waals surface area contributed by atoms with Gasteiger partial charge >= 0.3 is 0 Å². The van der Waals surface area contributed by atoms with Gasteiger partial charge in [-0.05, 0) is 30.4 Å². The topological polar surface area (TPSA) is 21.3 Å². The number of nitrogens with one attached hydrogen (secondary N) is 1. The van der Waals surface area contributed by atoms with Gasteiger partial charge in [-0.15, -0.1) is 0 Å². The Balaban J connectivity index is 1.96. The highest BCUT2D eigenvalue weighted by molar-refractivity contribution is 5.18. The first-order valence-corrected chi connectivity index (χ1v) is 9.33. The van der Waals surface area contributed by atoms with Gasteiger partial charge in [0.1, 0.15) is 6.10 Å². The maximum Gasteiger partial charge on any atom is 0.104 e. The normalized spacial score (nSPS) is 13.6. The molecule has 0 aliphatic carbocycles. The standard InChI is InChI=1S/C22H31NO/c1-3-5-17-21(18-19-13-8-6-9-14-19)23-24-22(12-4-2)20-15-10-7-11-16-20/h6-11,13-16,21-23H,3-5,12,17-18H2,1-2H3/t21-,22-/m0/s1. The second-order valence-corrected chi connectivity index (χ2v) is 6.45. The molecule has 0 amide bonds. The molecule has 2 aromatic carbocycles. The number of hydrogen-bond donors (Lipinski definition) is 1. The van der Waals surface area contributed by atoms with Crippen LogP contribution in [0.3, 0.4) is 0 Å². The fourth-order valence-corrected chi connectivity index (χ4v) is 2.95. The Hall–Kier alpha value is -1.64. The summed E-state index contributed by atoms with van der Waals surface area (Å²) in [5.74, 6) is 0. The third-order valence-corrected chi connectivity index (χ3v) is 4.33. The van der Waals surface area contributed by atoms with E-state index in [-0.39, 0.29) is 6.10 Å². The van der Waals surface area contributed by atoms with Gasteiger partial charge in [0.2, 0.25) is 0 Å². The van der Waals surface area contributed by atoms with E-state index >= 15 is 0 Å². The molecule has 2 nitrogen and oxygen atoms in total. The van der Waals surface area contributed by atoms with Gasteiger partial charge in [-0.1, -0.05) is 93.8 Å². The predicted molar refractivity (Wildman–Crippen MR) is 102 cm³/mol. The molecule has 0 saturated heterocycles. The summed E-state index contributed by atoms with van der Waals surface area (Å²) < 4.78 is 0. The summed E-state index contributed by atoms with van der Waals surface area (Å²) in [4.78, 5) is 6.15. The summed E-state index contributed by atoms with van der Waals surface area (Å²) in [5, 5.41) is 0.